The third-order valence-corrected chi connectivity index (χ3v) is 3.63. The summed E-state index contributed by atoms with van der Waals surface area (Å²) in [5, 5.41) is 3.83. The molecule has 0 radical (unpaired) electrons. The lowest BCUT2D eigenvalue weighted by Crippen LogP contribution is -2.26. The highest BCUT2D eigenvalue weighted by molar-refractivity contribution is 7.99. The van der Waals surface area contributed by atoms with Gasteiger partial charge in [-0.05, 0) is 48.6 Å². The zero-order chi connectivity index (χ0) is 12.7. The fraction of sp³-hybridized carbons (Fsp3) is 0.538. The normalized spacial score (nSPS) is 12.7. The van der Waals surface area contributed by atoms with Crippen molar-refractivity contribution >= 4 is 23.4 Å². The quantitative estimate of drug-likeness (QED) is 0.752. The topological polar surface area (TPSA) is 12.0 Å². The van der Waals surface area contributed by atoms with Crippen molar-refractivity contribution in [2.75, 3.05) is 11.5 Å². The van der Waals surface area contributed by atoms with E-state index in [4.69, 9.17) is 11.6 Å². The molecular weight excluding hydrogens is 257 g/mol. The highest BCUT2D eigenvalue weighted by Gasteiger charge is 2.03. The lowest BCUT2D eigenvalue weighted by Gasteiger charge is -2.13. The fourth-order valence-corrected chi connectivity index (χ4v) is 2.56. The summed E-state index contributed by atoms with van der Waals surface area (Å²) in [6.45, 7) is 4.98. The summed E-state index contributed by atoms with van der Waals surface area (Å²) in [4.78, 5) is 0. The van der Waals surface area contributed by atoms with Crippen LogP contribution in [0.3, 0.4) is 0 Å². The second-order valence-electron chi connectivity index (χ2n) is 4.05. The molecule has 0 heterocycles. The number of thioether (sulfide) groups is 1. The summed E-state index contributed by atoms with van der Waals surface area (Å²) >= 11 is 7.74. The van der Waals surface area contributed by atoms with Crippen molar-refractivity contribution < 1.29 is 4.39 Å². The maximum Gasteiger partial charge on any atom is 0.125 e. The Morgan fingerprint density at radius 1 is 1.41 bits per heavy atom. The maximum atomic E-state index is 13.1. The Morgan fingerprint density at radius 2 is 2.18 bits per heavy atom. The third kappa shape index (κ3) is 6.29. The van der Waals surface area contributed by atoms with E-state index in [1.54, 1.807) is 6.07 Å². The van der Waals surface area contributed by atoms with Crippen LogP contribution in [0.4, 0.5) is 4.39 Å². The summed E-state index contributed by atoms with van der Waals surface area (Å²) in [5.41, 5.74) is 0.894. The molecule has 0 aromatic heterocycles. The van der Waals surface area contributed by atoms with Gasteiger partial charge in [0, 0.05) is 17.6 Å². The van der Waals surface area contributed by atoms with E-state index in [0.717, 1.165) is 23.5 Å². The van der Waals surface area contributed by atoms with Crippen molar-refractivity contribution in [1.82, 2.24) is 5.32 Å². The van der Waals surface area contributed by atoms with Gasteiger partial charge in [0.25, 0.3) is 0 Å². The summed E-state index contributed by atoms with van der Waals surface area (Å²) < 4.78 is 13.1. The molecule has 96 valence electrons. The van der Waals surface area contributed by atoms with Crippen LogP contribution in [0.15, 0.2) is 18.2 Å². The molecule has 4 heteroatoms. The Hall–Kier alpha value is -0.250. The monoisotopic (exact) mass is 275 g/mol. The molecule has 17 heavy (non-hydrogen) atoms. The van der Waals surface area contributed by atoms with Crippen LogP contribution in [0, 0.1) is 5.82 Å². The zero-order valence-corrected chi connectivity index (χ0v) is 11.9. The van der Waals surface area contributed by atoms with Crippen LogP contribution in [0.5, 0.6) is 0 Å². The van der Waals surface area contributed by atoms with Gasteiger partial charge in [-0.15, -0.1) is 0 Å². The van der Waals surface area contributed by atoms with E-state index in [9.17, 15) is 4.39 Å². The van der Waals surface area contributed by atoms with Crippen LogP contribution in [0.25, 0.3) is 0 Å². The van der Waals surface area contributed by atoms with E-state index in [0.29, 0.717) is 17.6 Å². The van der Waals surface area contributed by atoms with Crippen molar-refractivity contribution in [3.05, 3.63) is 34.6 Å². The van der Waals surface area contributed by atoms with Gasteiger partial charge in [0.1, 0.15) is 5.82 Å². The Balaban J connectivity index is 2.34. The molecule has 0 bridgehead atoms. The second-order valence-corrected chi connectivity index (χ2v) is 5.88. The minimum absolute atomic E-state index is 0.275. The predicted molar refractivity (Wildman–Crippen MR) is 75.3 cm³/mol. The number of benzene rings is 1. The van der Waals surface area contributed by atoms with Gasteiger partial charge in [-0.2, -0.15) is 11.8 Å². The van der Waals surface area contributed by atoms with Crippen molar-refractivity contribution in [3.63, 3.8) is 0 Å². The van der Waals surface area contributed by atoms with Crippen molar-refractivity contribution in [3.8, 4) is 0 Å². The van der Waals surface area contributed by atoms with Crippen molar-refractivity contribution in [1.29, 1.82) is 0 Å². The first-order chi connectivity index (χ1) is 8.11. The van der Waals surface area contributed by atoms with Crippen molar-refractivity contribution in [2.45, 2.75) is 32.9 Å². The fourth-order valence-electron chi connectivity index (χ4n) is 1.51. The lowest BCUT2D eigenvalue weighted by molar-refractivity contribution is 0.535. The lowest BCUT2D eigenvalue weighted by atomic mass is 10.2. The highest BCUT2D eigenvalue weighted by Crippen LogP contribution is 2.14. The van der Waals surface area contributed by atoms with Crippen LogP contribution in [0.1, 0.15) is 25.8 Å². The Kier molecular flexibility index (Phi) is 6.93. The van der Waals surface area contributed by atoms with E-state index in [1.165, 1.54) is 12.1 Å². The summed E-state index contributed by atoms with van der Waals surface area (Å²) in [7, 11) is 0. The zero-order valence-electron chi connectivity index (χ0n) is 10.3. The van der Waals surface area contributed by atoms with Crippen LogP contribution in [-0.4, -0.2) is 17.5 Å². The minimum atomic E-state index is -0.275. The first-order valence-corrected chi connectivity index (χ1v) is 7.41. The molecule has 0 amide bonds. The molecule has 1 unspecified atom stereocenters. The molecule has 1 nitrogen and oxygen atoms in total. The van der Waals surface area contributed by atoms with E-state index >= 15 is 0 Å². The standard InChI is InChI=1S/C13H19ClFNS/c1-3-17-5-4-10(2)16-9-11-6-12(14)8-13(15)7-11/h6-8,10,16H,3-5,9H2,1-2H3. The minimum Gasteiger partial charge on any atom is -0.310 e. The van der Waals surface area contributed by atoms with Crippen LogP contribution in [0.2, 0.25) is 5.02 Å². The van der Waals surface area contributed by atoms with Gasteiger partial charge in [0.15, 0.2) is 0 Å². The van der Waals surface area contributed by atoms with Crippen molar-refractivity contribution in [2.24, 2.45) is 0 Å². The third-order valence-electron chi connectivity index (χ3n) is 2.48. The van der Waals surface area contributed by atoms with E-state index in [2.05, 4.69) is 19.2 Å². The predicted octanol–water partition coefficient (Wildman–Crippen LogP) is 4.10. The molecule has 1 aromatic rings. The number of rotatable bonds is 7. The summed E-state index contributed by atoms with van der Waals surface area (Å²) in [6.07, 6.45) is 1.13. The number of nitrogens with one attached hydrogen (secondary N) is 1. The van der Waals surface area contributed by atoms with E-state index in [-0.39, 0.29) is 5.82 Å². The molecule has 1 N–H and O–H groups in total. The molecule has 0 aliphatic rings. The van der Waals surface area contributed by atoms with Gasteiger partial charge in [0.05, 0.1) is 0 Å². The molecule has 0 fully saturated rings. The first-order valence-electron chi connectivity index (χ1n) is 5.88. The Bertz CT molecular complexity index is 326. The van der Waals surface area contributed by atoms with Crippen LogP contribution in [-0.2, 0) is 6.54 Å². The molecule has 0 spiro atoms. The molecule has 0 saturated carbocycles. The summed E-state index contributed by atoms with van der Waals surface area (Å²) in [6, 6.07) is 5.08. The molecule has 0 aliphatic carbocycles. The number of halogens is 2. The molecule has 1 rings (SSSR count). The average molecular weight is 276 g/mol. The molecule has 1 aromatic carbocycles. The molecular formula is C13H19ClFNS. The number of hydrogen-bond donors (Lipinski definition) is 1. The van der Waals surface area contributed by atoms with Gasteiger partial charge < -0.3 is 5.32 Å². The SMILES string of the molecule is CCSCCC(C)NCc1cc(F)cc(Cl)c1. The molecule has 0 aliphatic heterocycles. The maximum absolute atomic E-state index is 13.1. The van der Waals surface area contributed by atoms with Crippen LogP contribution < -0.4 is 5.32 Å². The average Bonchev–Trinajstić information content (AvgIpc) is 2.25. The molecule has 0 saturated heterocycles. The van der Waals surface area contributed by atoms with E-state index < -0.39 is 0 Å². The van der Waals surface area contributed by atoms with Gasteiger partial charge >= 0.3 is 0 Å². The highest BCUT2D eigenvalue weighted by atomic mass is 35.5. The van der Waals surface area contributed by atoms with Gasteiger partial charge in [-0.25, -0.2) is 4.39 Å². The second kappa shape index (κ2) is 7.96. The number of hydrogen-bond acceptors (Lipinski definition) is 2. The van der Waals surface area contributed by atoms with Gasteiger partial charge in [0.2, 0.25) is 0 Å². The van der Waals surface area contributed by atoms with E-state index in [1.807, 2.05) is 11.8 Å². The van der Waals surface area contributed by atoms with Crippen LogP contribution >= 0.6 is 23.4 Å². The Labute approximate surface area is 112 Å². The first kappa shape index (κ1) is 14.8. The van der Waals surface area contributed by atoms with Gasteiger partial charge in [-0.3, -0.25) is 0 Å². The summed E-state index contributed by atoms with van der Waals surface area (Å²) in [5.74, 6) is 2.05. The largest absolute Gasteiger partial charge is 0.310 e. The Morgan fingerprint density at radius 3 is 2.82 bits per heavy atom. The van der Waals surface area contributed by atoms with Gasteiger partial charge in [-0.1, -0.05) is 18.5 Å². The molecule has 1 atom stereocenters. The smallest absolute Gasteiger partial charge is 0.125 e.